The summed E-state index contributed by atoms with van der Waals surface area (Å²) in [5.41, 5.74) is 1.53. The molecule has 2 unspecified atom stereocenters. The summed E-state index contributed by atoms with van der Waals surface area (Å²) in [5.74, 6) is 1.49. The summed E-state index contributed by atoms with van der Waals surface area (Å²) in [7, 11) is -3.37. The lowest BCUT2D eigenvalue weighted by Gasteiger charge is -2.34. The van der Waals surface area contributed by atoms with E-state index in [0.29, 0.717) is 23.8 Å². The number of amidine groups is 1. The first kappa shape index (κ1) is 21.6. The summed E-state index contributed by atoms with van der Waals surface area (Å²) in [6.07, 6.45) is 3.38. The predicted molar refractivity (Wildman–Crippen MR) is 122 cm³/mol. The first-order chi connectivity index (χ1) is 14.3. The van der Waals surface area contributed by atoms with E-state index in [2.05, 4.69) is 28.5 Å². The number of amides is 1. The molecular formula is C21H30N4O3S2. The SMILES string of the molecule is CC1CC(C)CN(CCCCNC(=O)c2ccc3c(c2)SC2=NS(=O)(=O)CCN23)C1. The Morgan fingerprint density at radius 2 is 2.00 bits per heavy atom. The van der Waals surface area contributed by atoms with Gasteiger partial charge in [-0.15, -0.1) is 4.40 Å². The molecule has 0 aliphatic carbocycles. The first-order valence-corrected chi connectivity index (χ1v) is 13.2. The lowest BCUT2D eigenvalue weighted by Crippen LogP contribution is -2.39. The van der Waals surface area contributed by atoms with Crippen LogP contribution in [-0.4, -0.2) is 62.9 Å². The van der Waals surface area contributed by atoms with Crippen molar-refractivity contribution < 1.29 is 13.2 Å². The summed E-state index contributed by atoms with van der Waals surface area (Å²) in [5, 5.41) is 3.50. The molecule has 0 aromatic heterocycles. The largest absolute Gasteiger partial charge is 0.352 e. The minimum atomic E-state index is -3.37. The lowest BCUT2D eigenvalue weighted by atomic mass is 9.92. The van der Waals surface area contributed by atoms with Gasteiger partial charge < -0.3 is 15.1 Å². The first-order valence-electron chi connectivity index (χ1n) is 10.7. The highest BCUT2D eigenvalue weighted by Gasteiger charge is 2.33. The minimum Gasteiger partial charge on any atom is -0.352 e. The van der Waals surface area contributed by atoms with Crippen molar-refractivity contribution in [2.75, 3.05) is 43.4 Å². The number of nitrogens with one attached hydrogen (secondary N) is 1. The molecule has 1 fully saturated rings. The van der Waals surface area contributed by atoms with E-state index in [9.17, 15) is 13.2 Å². The molecular weight excluding hydrogens is 420 g/mol. The third-order valence-corrected chi connectivity index (χ3v) is 8.17. The number of carbonyl (C=O) groups excluding carboxylic acids is 1. The van der Waals surface area contributed by atoms with Crippen LogP contribution in [0.5, 0.6) is 0 Å². The fourth-order valence-corrected chi connectivity index (χ4v) is 6.91. The van der Waals surface area contributed by atoms with Gasteiger partial charge in [-0.3, -0.25) is 4.79 Å². The molecule has 30 heavy (non-hydrogen) atoms. The van der Waals surface area contributed by atoms with E-state index in [0.717, 1.165) is 41.8 Å². The van der Waals surface area contributed by atoms with Crippen molar-refractivity contribution in [1.82, 2.24) is 10.2 Å². The van der Waals surface area contributed by atoms with E-state index in [1.165, 1.54) is 31.3 Å². The molecule has 4 rings (SSSR count). The van der Waals surface area contributed by atoms with Gasteiger partial charge in [0.2, 0.25) is 0 Å². The number of unbranched alkanes of at least 4 members (excludes halogenated alkanes) is 1. The number of benzene rings is 1. The highest BCUT2D eigenvalue weighted by Crippen LogP contribution is 2.42. The Hall–Kier alpha value is -1.58. The molecule has 3 aliphatic rings. The van der Waals surface area contributed by atoms with Crippen LogP contribution < -0.4 is 10.2 Å². The summed E-state index contributed by atoms with van der Waals surface area (Å²) in [6, 6.07) is 5.52. The van der Waals surface area contributed by atoms with Gasteiger partial charge in [-0.25, -0.2) is 8.42 Å². The molecule has 0 saturated carbocycles. The Bertz CT molecular complexity index is 938. The molecule has 0 radical (unpaired) electrons. The van der Waals surface area contributed by atoms with Crippen LogP contribution in [0.3, 0.4) is 0 Å². The van der Waals surface area contributed by atoms with Crippen LogP contribution in [0.25, 0.3) is 0 Å². The highest BCUT2D eigenvalue weighted by molar-refractivity contribution is 8.15. The van der Waals surface area contributed by atoms with Gasteiger partial charge >= 0.3 is 0 Å². The molecule has 164 valence electrons. The topological polar surface area (TPSA) is 82.1 Å². The maximum absolute atomic E-state index is 12.5. The van der Waals surface area contributed by atoms with Gasteiger partial charge in [0.15, 0.2) is 5.17 Å². The normalized spacial score (nSPS) is 25.4. The van der Waals surface area contributed by atoms with Crippen LogP contribution in [0.2, 0.25) is 0 Å². The van der Waals surface area contributed by atoms with E-state index < -0.39 is 10.0 Å². The van der Waals surface area contributed by atoms with Crippen LogP contribution in [-0.2, 0) is 10.0 Å². The van der Waals surface area contributed by atoms with Gasteiger partial charge in [0.25, 0.3) is 15.9 Å². The van der Waals surface area contributed by atoms with Crippen molar-refractivity contribution in [3.05, 3.63) is 23.8 Å². The van der Waals surface area contributed by atoms with Gasteiger partial charge in [0.05, 0.1) is 11.4 Å². The van der Waals surface area contributed by atoms with Gasteiger partial charge in [-0.1, -0.05) is 13.8 Å². The molecule has 1 N–H and O–H groups in total. The summed E-state index contributed by atoms with van der Waals surface area (Å²) >= 11 is 1.31. The molecule has 0 spiro atoms. The number of fused-ring (bicyclic) bond motifs is 3. The molecule has 1 amide bonds. The Labute approximate surface area is 183 Å². The number of nitrogens with zero attached hydrogens (tertiary/aromatic N) is 3. The van der Waals surface area contributed by atoms with Gasteiger partial charge in [-0.2, -0.15) is 0 Å². The molecule has 9 heteroatoms. The van der Waals surface area contributed by atoms with Gasteiger partial charge in [-0.05, 0) is 67.6 Å². The van der Waals surface area contributed by atoms with Crippen LogP contribution in [0.4, 0.5) is 5.69 Å². The van der Waals surface area contributed by atoms with E-state index >= 15 is 0 Å². The number of hydrogen-bond acceptors (Lipinski definition) is 6. The number of carbonyl (C=O) groups is 1. The molecule has 3 aliphatic heterocycles. The average molecular weight is 451 g/mol. The summed E-state index contributed by atoms with van der Waals surface area (Å²) < 4.78 is 27.3. The molecule has 0 bridgehead atoms. The van der Waals surface area contributed by atoms with Gasteiger partial charge in [0.1, 0.15) is 0 Å². The molecule has 1 aromatic rings. The van der Waals surface area contributed by atoms with Crippen LogP contribution in [0.15, 0.2) is 27.5 Å². The number of sulfonamides is 1. The summed E-state index contributed by atoms with van der Waals surface area (Å²) in [6.45, 7) is 9.20. The van der Waals surface area contributed by atoms with Crippen molar-refractivity contribution >= 4 is 38.5 Å². The fourth-order valence-electron chi connectivity index (χ4n) is 4.61. The zero-order valence-corrected chi connectivity index (χ0v) is 19.3. The summed E-state index contributed by atoms with van der Waals surface area (Å²) in [4.78, 5) is 17.9. The number of rotatable bonds is 6. The second kappa shape index (κ2) is 8.88. The monoisotopic (exact) mass is 450 g/mol. The lowest BCUT2D eigenvalue weighted by molar-refractivity contribution is 0.0951. The third kappa shape index (κ3) is 5.00. The Balaban J connectivity index is 1.26. The molecule has 2 atom stereocenters. The van der Waals surface area contributed by atoms with E-state index in [1.54, 1.807) is 6.07 Å². The predicted octanol–water partition coefficient (Wildman–Crippen LogP) is 2.79. The van der Waals surface area contributed by atoms with Gasteiger partial charge in [0, 0.05) is 36.6 Å². The van der Waals surface area contributed by atoms with Crippen LogP contribution in [0.1, 0.15) is 43.5 Å². The standard InChI is InChI=1S/C21H30N4O3S2/c1-15-11-16(2)14-24(13-15)8-4-3-7-22-20(26)17-5-6-18-19(12-17)29-21-23-30(27,28)10-9-25(18)21/h5-6,12,15-16H,3-4,7-11,13-14H2,1-2H3,(H,22,26). The van der Waals surface area contributed by atoms with Crippen molar-refractivity contribution in [3.8, 4) is 0 Å². The van der Waals surface area contributed by atoms with E-state index in [-0.39, 0.29) is 11.7 Å². The third-order valence-electron chi connectivity index (χ3n) is 5.87. The quantitative estimate of drug-likeness (QED) is 0.671. The Morgan fingerprint density at radius 3 is 2.77 bits per heavy atom. The van der Waals surface area contributed by atoms with E-state index in [4.69, 9.17) is 0 Å². The second-order valence-electron chi connectivity index (χ2n) is 8.76. The number of anilines is 1. The average Bonchev–Trinajstić information content (AvgIpc) is 3.02. The van der Waals surface area contributed by atoms with Crippen LogP contribution in [0, 0.1) is 11.8 Å². The van der Waals surface area contributed by atoms with Crippen molar-refractivity contribution in [1.29, 1.82) is 0 Å². The number of likely N-dealkylation sites (tertiary alicyclic amines) is 1. The van der Waals surface area contributed by atoms with Crippen LogP contribution >= 0.6 is 11.8 Å². The number of hydrogen-bond donors (Lipinski definition) is 1. The van der Waals surface area contributed by atoms with Crippen molar-refractivity contribution in [2.24, 2.45) is 16.2 Å². The second-order valence-corrected chi connectivity index (χ2v) is 11.5. The number of piperidine rings is 1. The number of thioether (sulfide) groups is 1. The molecule has 3 heterocycles. The molecule has 1 aromatic carbocycles. The molecule has 7 nitrogen and oxygen atoms in total. The van der Waals surface area contributed by atoms with Crippen molar-refractivity contribution in [2.45, 2.75) is 38.0 Å². The minimum absolute atomic E-state index is 0.0218. The molecule has 1 saturated heterocycles. The van der Waals surface area contributed by atoms with Crippen molar-refractivity contribution in [3.63, 3.8) is 0 Å². The smallest absolute Gasteiger partial charge is 0.257 e. The Morgan fingerprint density at radius 1 is 1.23 bits per heavy atom. The van der Waals surface area contributed by atoms with E-state index in [1.807, 2.05) is 17.0 Å². The Kier molecular flexibility index (Phi) is 6.41. The highest BCUT2D eigenvalue weighted by atomic mass is 32.2. The maximum atomic E-state index is 12.5. The zero-order valence-electron chi connectivity index (χ0n) is 17.6. The maximum Gasteiger partial charge on any atom is 0.257 e. The fraction of sp³-hybridized carbons (Fsp3) is 0.619. The zero-order chi connectivity index (χ0) is 21.3.